The number of H-pyrrole nitrogens is 1. The fraction of sp³-hybridized carbons (Fsp3) is 0.0833. The van der Waals surface area contributed by atoms with E-state index in [4.69, 9.17) is 0 Å². The zero-order valence-electron chi connectivity index (χ0n) is 9.21. The van der Waals surface area contributed by atoms with Gasteiger partial charge in [-0.15, -0.1) is 5.10 Å². The zero-order chi connectivity index (χ0) is 11.7. The van der Waals surface area contributed by atoms with Crippen molar-refractivity contribution in [3.05, 3.63) is 42.4 Å². The van der Waals surface area contributed by atoms with Gasteiger partial charge in [-0.2, -0.15) is 0 Å². The van der Waals surface area contributed by atoms with Crippen LogP contribution in [-0.4, -0.2) is 20.2 Å². The van der Waals surface area contributed by atoms with Crippen molar-refractivity contribution in [1.29, 1.82) is 0 Å². The van der Waals surface area contributed by atoms with Crippen LogP contribution in [-0.2, 0) is 0 Å². The molecule has 0 saturated carbocycles. The van der Waals surface area contributed by atoms with Crippen molar-refractivity contribution in [3.63, 3.8) is 0 Å². The van der Waals surface area contributed by atoms with Crippen LogP contribution >= 0.6 is 11.8 Å². The predicted octanol–water partition coefficient (Wildman–Crippen LogP) is 2.81. The molecule has 4 nitrogen and oxygen atoms in total. The molecular formula is C12H10N4S. The number of nitrogens with zero attached hydrogens (tertiary/aromatic N) is 3. The van der Waals surface area contributed by atoms with Crippen LogP contribution in [0.5, 0.6) is 0 Å². The molecule has 84 valence electrons. The topological polar surface area (TPSA) is 54.5 Å². The standard InChI is InChI=1S/C12H10N4S/c1-8-6-11(17-12-13-7-14-16-12)9-4-2-3-5-10(9)15-8/h2-7H,1H3,(H,13,14,16). The molecule has 0 bridgehead atoms. The maximum atomic E-state index is 4.50. The lowest BCUT2D eigenvalue weighted by Crippen LogP contribution is -1.87. The highest BCUT2D eigenvalue weighted by Gasteiger charge is 2.07. The molecule has 1 N–H and O–H groups in total. The van der Waals surface area contributed by atoms with Gasteiger partial charge in [-0.3, -0.25) is 10.1 Å². The van der Waals surface area contributed by atoms with Crippen molar-refractivity contribution in [3.8, 4) is 0 Å². The van der Waals surface area contributed by atoms with Gasteiger partial charge in [0.05, 0.1) is 5.52 Å². The van der Waals surface area contributed by atoms with Crippen LogP contribution in [0.4, 0.5) is 0 Å². The third kappa shape index (κ3) is 2.01. The quantitative estimate of drug-likeness (QED) is 0.750. The number of aryl methyl sites for hydroxylation is 1. The van der Waals surface area contributed by atoms with Crippen molar-refractivity contribution in [1.82, 2.24) is 20.2 Å². The number of nitrogens with one attached hydrogen (secondary N) is 1. The van der Waals surface area contributed by atoms with Crippen molar-refractivity contribution in [2.24, 2.45) is 0 Å². The highest BCUT2D eigenvalue weighted by atomic mass is 32.2. The van der Waals surface area contributed by atoms with E-state index in [1.165, 1.54) is 0 Å². The Hall–Kier alpha value is -1.88. The van der Waals surface area contributed by atoms with Gasteiger partial charge in [0.15, 0.2) is 0 Å². The fourth-order valence-electron chi connectivity index (χ4n) is 1.70. The molecule has 0 amide bonds. The number of para-hydroxylation sites is 1. The summed E-state index contributed by atoms with van der Waals surface area (Å²) < 4.78 is 0. The molecule has 1 aromatic carbocycles. The number of benzene rings is 1. The Kier molecular flexibility index (Phi) is 2.53. The van der Waals surface area contributed by atoms with E-state index in [1.807, 2.05) is 25.1 Å². The van der Waals surface area contributed by atoms with Gasteiger partial charge in [-0.1, -0.05) is 18.2 Å². The molecule has 5 heteroatoms. The second-order valence-electron chi connectivity index (χ2n) is 3.66. The highest BCUT2D eigenvalue weighted by Crippen LogP contribution is 2.31. The molecule has 3 aromatic rings. The SMILES string of the molecule is Cc1cc(Sc2nc[nH]n2)c2ccccc2n1. The van der Waals surface area contributed by atoms with Gasteiger partial charge >= 0.3 is 0 Å². The van der Waals surface area contributed by atoms with Crippen molar-refractivity contribution >= 4 is 22.7 Å². The largest absolute Gasteiger partial charge is 0.265 e. The zero-order valence-corrected chi connectivity index (χ0v) is 10.0. The molecule has 2 aromatic heterocycles. The van der Waals surface area contributed by atoms with Crippen LogP contribution in [0.25, 0.3) is 10.9 Å². The van der Waals surface area contributed by atoms with E-state index in [0.717, 1.165) is 26.6 Å². The average Bonchev–Trinajstić information content (AvgIpc) is 2.81. The molecule has 0 aliphatic heterocycles. The third-order valence-electron chi connectivity index (χ3n) is 2.40. The van der Waals surface area contributed by atoms with Crippen LogP contribution in [0.3, 0.4) is 0 Å². The van der Waals surface area contributed by atoms with Crippen LogP contribution in [0.15, 0.2) is 46.7 Å². The minimum atomic E-state index is 0.723. The second-order valence-corrected chi connectivity index (χ2v) is 4.67. The number of aromatic amines is 1. The first-order valence-electron chi connectivity index (χ1n) is 5.23. The Balaban J connectivity index is 2.14. The molecule has 0 saturated heterocycles. The summed E-state index contributed by atoms with van der Waals surface area (Å²) in [4.78, 5) is 9.76. The molecule has 3 rings (SSSR count). The molecule has 0 fully saturated rings. The van der Waals surface area contributed by atoms with E-state index in [2.05, 4.69) is 32.3 Å². The van der Waals surface area contributed by atoms with Crippen molar-refractivity contribution < 1.29 is 0 Å². The summed E-state index contributed by atoms with van der Waals surface area (Å²) in [6.07, 6.45) is 1.58. The molecule has 0 radical (unpaired) electrons. The van der Waals surface area contributed by atoms with Gasteiger partial charge < -0.3 is 0 Å². The van der Waals surface area contributed by atoms with E-state index >= 15 is 0 Å². The van der Waals surface area contributed by atoms with Gasteiger partial charge in [-0.05, 0) is 30.8 Å². The summed E-state index contributed by atoms with van der Waals surface area (Å²) >= 11 is 1.54. The molecule has 17 heavy (non-hydrogen) atoms. The minimum Gasteiger partial charge on any atom is -0.265 e. The molecule has 0 aliphatic rings. The first kappa shape index (κ1) is 10.3. The van der Waals surface area contributed by atoms with Gasteiger partial charge in [0.1, 0.15) is 6.33 Å². The van der Waals surface area contributed by atoms with E-state index < -0.39 is 0 Å². The van der Waals surface area contributed by atoms with Gasteiger partial charge in [-0.25, -0.2) is 4.98 Å². The van der Waals surface area contributed by atoms with Crippen molar-refractivity contribution in [2.45, 2.75) is 17.0 Å². The molecule has 0 atom stereocenters. The highest BCUT2D eigenvalue weighted by molar-refractivity contribution is 7.99. The molecule has 0 aliphatic carbocycles. The van der Waals surface area contributed by atoms with Crippen LogP contribution in [0.1, 0.15) is 5.69 Å². The summed E-state index contributed by atoms with van der Waals surface area (Å²) in [6.45, 7) is 1.99. The first-order chi connectivity index (χ1) is 8.33. The van der Waals surface area contributed by atoms with Gasteiger partial charge in [0.2, 0.25) is 5.16 Å². The van der Waals surface area contributed by atoms with Crippen molar-refractivity contribution in [2.75, 3.05) is 0 Å². The van der Waals surface area contributed by atoms with Crippen LogP contribution in [0, 0.1) is 6.92 Å². The van der Waals surface area contributed by atoms with Gasteiger partial charge in [0, 0.05) is 16.0 Å². The van der Waals surface area contributed by atoms with E-state index in [1.54, 1.807) is 18.1 Å². The molecule has 2 heterocycles. The van der Waals surface area contributed by atoms with Crippen LogP contribution in [0.2, 0.25) is 0 Å². The monoisotopic (exact) mass is 242 g/mol. The van der Waals surface area contributed by atoms with Gasteiger partial charge in [0.25, 0.3) is 0 Å². The number of rotatable bonds is 2. The lowest BCUT2D eigenvalue weighted by atomic mass is 10.2. The number of pyridine rings is 1. The molecular weight excluding hydrogens is 232 g/mol. The second kappa shape index (κ2) is 4.18. The number of fused-ring (bicyclic) bond motifs is 1. The summed E-state index contributed by atoms with van der Waals surface area (Å²) in [5.74, 6) is 0. The number of hydrogen-bond donors (Lipinski definition) is 1. The van der Waals surface area contributed by atoms with Crippen LogP contribution < -0.4 is 0 Å². The lowest BCUT2D eigenvalue weighted by Gasteiger charge is -2.04. The third-order valence-corrected chi connectivity index (χ3v) is 3.34. The van der Waals surface area contributed by atoms with E-state index in [0.29, 0.717) is 0 Å². The normalized spacial score (nSPS) is 10.9. The van der Waals surface area contributed by atoms with E-state index in [9.17, 15) is 0 Å². The number of hydrogen-bond acceptors (Lipinski definition) is 4. The fourth-order valence-corrected chi connectivity index (χ4v) is 2.61. The van der Waals surface area contributed by atoms with E-state index in [-0.39, 0.29) is 0 Å². The summed E-state index contributed by atoms with van der Waals surface area (Å²) in [5.41, 5.74) is 2.01. The Morgan fingerprint density at radius 2 is 2.12 bits per heavy atom. The minimum absolute atomic E-state index is 0.723. The Morgan fingerprint density at radius 1 is 1.24 bits per heavy atom. The number of aromatic nitrogens is 4. The Labute approximate surface area is 102 Å². The summed E-state index contributed by atoms with van der Waals surface area (Å²) in [5, 5.41) is 8.62. The smallest absolute Gasteiger partial charge is 0.212 e. The summed E-state index contributed by atoms with van der Waals surface area (Å²) in [6, 6.07) is 10.2. The predicted molar refractivity (Wildman–Crippen MR) is 67.0 cm³/mol. The lowest BCUT2D eigenvalue weighted by molar-refractivity contribution is 0.973. The molecule has 0 unspecified atom stereocenters. The maximum Gasteiger partial charge on any atom is 0.212 e. The molecule has 0 spiro atoms. The Morgan fingerprint density at radius 3 is 2.94 bits per heavy atom. The average molecular weight is 242 g/mol. The summed E-state index contributed by atoms with van der Waals surface area (Å²) in [7, 11) is 0. The Bertz CT molecular complexity index is 649. The first-order valence-corrected chi connectivity index (χ1v) is 6.04. The maximum absolute atomic E-state index is 4.50.